The van der Waals surface area contributed by atoms with Gasteiger partial charge in [-0.15, -0.1) is 11.3 Å². The van der Waals surface area contributed by atoms with Crippen molar-refractivity contribution in [2.75, 3.05) is 26.2 Å². The van der Waals surface area contributed by atoms with Crippen LogP contribution in [-0.2, 0) is 19.8 Å². The summed E-state index contributed by atoms with van der Waals surface area (Å²) < 4.78 is 40.7. The molecule has 4 fully saturated rings. The Hall–Kier alpha value is -3.73. The number of nitriles is 1. The lowest BCUT2D eigenvalue weighted by Crippen LogP contribution is -2.59. The molecular formula is C35H38F2N5O6PS. The molecule has 4 aliphatic heterocycles. The Morgan fingerprint density at radius 1 is 1.00 bits per heavy atom. The van der Waals surface area contributed by atoms with Gasteiger partial charge in [0.15, 0.2) is 0 Å². The van der Waals surface area contributed by atoms with Crippen LogP contribution in [0.3, 0.4) is 0 Å². The van der Waals surface area contributed by atoms with Crippen LogP contribution in [0.15, 0.2) is 54.6 Å². The van der Waals surface area contributed by atoms with Crippen molar-refractivity contribution in [3.05, 3.63) is 70.6 Å². The topological polar surface area (TPSA) is 154 Å². The molecule has 0 spiro atoms. The maximum absolute atomic E-state index is 14.4. The lowest BCUT2D eigenvalue weighted by atomic mass is 9.90. The molecule has 7 rings (SSSR count). The highest BCUT2D eigenvalue weighted by Crippen LogP contribution is 2.59. The monoisotopic (exact) mass is 725 g/mol. The van der Waals surface area contributed by atoms with Crippen molar-refractivity contribution in [2.24, 2.45) is 5.92 Å². The molecule has 1 aromatic heterocycles. The standard InChI is InChI=1S/C35H38F2N5O6PS/c36-35(37,49(46,47)48)24-7-12-30-22(15-24)16-31(50-30)32(43)39-28-10-8-25(40-13-4-14-40)17-26-9-11-29(42(26)33(28)44)34(45)41-19-23(18-38)27(20-41)21-5-2-1-3-6-21/h1-3,5-7,12,15-16,23,25-29H,4,8-11,13-14,17,19-20H2,(H,39,43)(H2,46,47,48)/t23-,25-,26?,27+,28-,29-/m0/s1. The number of carbonyl (C=O) groups is 3. The number of carbonyl (C=O) groups excluding carboxylic acids is 3. The number of hydrogen-bond acceptors (Lipinski definition) is 7. The Labute approximate surface area is 292 Å². The lowest BCUT2D eigenvalue weighted by molar-refractivity contribution is -0.147. The summed E-state index contributed by atoms with van der Waals surface area (Å²) in [5.74, 6) is -1.59. The van der Waals surface area contributed by atoms with Crippen molar-refractivity contribution in [1.29, 1.82) is 5.26 Å². The molecule has 3 N–H and O–H groups in total. The number of likely N-dealkylation sites (tertiary alicyclic amines) is 2. The van der Waals surface area contributed by atoms with E-state index in [-0.39, 0.29) is 52.5 Å². The first-order valence-corrected chi connectivity index (χ1v) is 19.4. The second-order valence-electron chi connectivity index (χ2n) is 13.8. The number of thiophene rings is 1. The van der Waals surface area contributed by atoms with Gasteiger partial charge in [0.25, 0.3) is 5.91 Å². The molecule has 5 heterocycles. The lowest BCUT2D eigenvalue weighted by Gasteiger charge is -2.44. The van der Waals surface area contributed by atoms with Crippen molar-refractivity contribution in [3.8, 4) is 6.07 Å². The minimum Gasteiger partial charge on any atom is -0.340 e. The van der Waals surface area contributed by atoms with Gasteiger partial charge in [0.2, 0.25) is 11.8 Å². The number of rotatable bonds is 7. The molecule has 4 saturated heterocycles. The van der Waals surface area contributed by atoms with Crippen LogP contribution in [0.25, 0.3) is 10.1 Å². The van der Waals surface area contributed by atoms with Gasteiger partial charge in [-0.3, -0.25) is 18.9 Å². The molecule has 0 aliphatic carbocycles. The van der Waals surface area contributed by atoms with E-state index in [2.05, 4.69) is 16.3 Å². The summed E-state index contributed by atoms with van der Waals surface area (Å²) in [5, 5.41) is 13.1. The fourth-order valence-electron chi connectivity index (χ4n) is 8.06. The SMILES string of the molecule is N#C[C@H]1CN(C(=O)[C@@H]2CCC3C[C@@H](N4CCC4)CC[C@H](NC(=O)c4cc5cc(C(F)(F)P(=O)(O)O)ccc5s4)C(=O)N32)C[C@@H]1c1ccccc1. The van der Waals surface area contributed by atoms with Crippen molar-refractivity contribution in [3.63, 3.8) is 0 Å². The molecule has 0 saturated carbocycles. The average Bonchev–Trinajstić information content (AvgIpc) is 3.80. The van der Waals surface area contributed by atoms with Crippen LogP contribution in [0.5, 0.6) is 0 Å². The van der Waals surface area contributed by atoms with Gasteiger partial charge in [0, 0.05) is 41.4 Å². The average molecular weight is 726 g/mol. The van der Waals surface area contributed by atoms with Crippen LogP contribution in [0.1, 0.15) is 65.2 Å². The molecule has 4 aliphatic rings. The molecule has 0 bridgehead atoms. The fourth-order valence-corrected chi connectivity index (χ4v) is 9.48. The number of halogens is 2. The normalized spacial score (nSPS) is 27.7. The number of hydrogen-bond donors (Lipinski definition) is 3. The highest BCUT2D eigenvalue weighted by Gasteiger charge is 2.51. The summed E-state index contributed by atoms with van der Waals surface area (Å²) in [5.41, 5.74) is -4.26. The third-order valence-corrected chi connectivity index (χ3v) is 13.0. The van der Waals surface area contributed by atoms with Crippen LogP contribution >= 0.6 is 18.9 Å². The zero-order chi connectivity index (χ0) is 35.4. The Balaban J connectivity index is 1.13. The van der Waals surface area contributed by atoms with Crippen molar-refractivity contribution in [1.82, 2.24) is 20.0 Å². The minimum atomic E-state index is -5.78. The van der Waals surface area contributed by atoms with Gasteiger partial charge in [-0.2, -0.15) is 14.0 Å². The number of nitrogens with one attached hydrogen (secondary N) is 1. The first kappa shape index (κ1) is 34.7. The smallest absolute Gasteiger partial charge is 0.340 e. The van der Waals surface area contributed by atoms with Crippen LogP contribution in [0, 0.1) is 17.2 Å². The van der Waals surface area contributed by atoms with Gasteiger partial charge in [0.05, 0.1) is 16.9 Å². The molecule has 15 heteroatoms. The van der Waals surface area contributed by atoms with Crippen molar-refractivity contribution < 1.29 is 37.5 Å². The maximum Gasteiger partial charge on any atom is 0.399 e. The largest absolute Gasteiger partial charge is 0.399 e. The number of amides is 3. The van der Waals surface area contributed by atoms with Crippen molar-refractivity contribution >= 4 is 46.7 Å². The zero-order valence-electron chi connectivity index (χ0n) is 27.2. The molecule has 2 aromatic carbocycles. The molecule has 264 valence electrons. The molecular weight excluding hydrogens is 687 g/mol. The number of nitrogens with zero attached hydrogens (tertiary/aromatic N) is 4. The molecule has 6 atom stereocenters. The van der Waals surface area contributed by atoms with E-state index in [1.807, 2.05) is 30.3 Å². The summed E-state index contributed by atoms with van der Waals surface area (Å²) in [6.07, 6.45) is 4.02. The van der Waals surface area contributed by atoms with E-state index < -0.39 is 36.8 Å². The van der Waals surface area contributed by atoms with E-state index in [0.717, 1.165) is 55.0 Å². The quantitative estimate of drug-likeness (QED) is 0.299. The Kier molecular flexibility index (Phi) is 9.32. The van der Waals surface area contributed by atoms with Gasteiger partial charge in [-0.05, 0) is 80.8 Å². The maximum atomic E-state index is 14.4. The second-order valence-corrected chi connectivity index (χ2v) is 16.6. The van der Waals surface area contributed by atoms with Gasteiger partial charge in [-0.1, -0.05) is 36.4 Å². The first-order valence-electron chi connectivity index (χ1n) is 16.9. The second kappa shape index (κ2) is 13.4. The van der Waals surface area contributed by atoms with E-state index in [4.69, 9.17) is 0 Å². The third-order valence-electron chi connectivity index (χ3n) is 10.9. The molecule has 3 amide bonds. The minimum absolute atomic E-state index is 0.131. The first-order chi connectivity index (χ1) is 23.9. The predicted octanol–water partition coefficient (Wildman–Crippen LogP) is 4.61. The summed E-state index contributed by atoms with van der Waals surface area (Å²) in [7, 11) is -5.78. The van der Waals surface area contributed by atoms with Gasteiger partial charge >= 0.3 is 13.3 Å². The van der Waals surface area contributed by atoms with Crippen LogP contribution in [0.4, 0.5) is 8.78 Å². The van der Waals surface area contributed by atoms with E-state index in [9.17, 15) is 42.8 Å². The highest BCUT2D eigenvalue weighted by molar-refractivity contribution is 7.52. The molecule has 11 nitrogen and oxygen atoms in total. The summed E-state index contributed by atoms with van der Waals surface area (Å²) in [4.78, 5) is 66.5. The van der Waals surface area contributed by atoms with Crippen LogP contribution in [0.2, 0.25) is 0 Å². The Morgan fingerprint density at radius 3 is 2.42 bits per heavy atom. The highest BCUT2D eigenvalue weighted by atomic mass is 32.1. The number of benzene rings is 2. The fraction of sp³-hybridized carbons (Fsp3) is 0.486. The molecule has 1 unspecified atom stereocenters. The molecule has 3 aromatic rings. The van der Waals surface area contributed by atoms with Gasteiger partial charge in [0.1, 0.15) is 12.1 Å². The van der Waals surface area contributed by atoms with Crippen LogP contribution in [-0.4, -0.2) is 92.6 Å². The van der Waals surface area contributed by atoms with E-state index >= 15 is 0 Å². The Bertz CT molecular complexity index is 1890. The van der Waals surface area contributed by atoms with E-state index in [1.54, 1.807) is 9.80 Å². The van der Waals surface area contributed by atoms with Crippen molar-refractivity contribution in [2.45, 2.75) is 74.3 Å². The predicted molar refractivity (Wildman–Crippen MR) is 181 cm³/mol. The van der Waals surface area contributed by atoms with Crippen LogP contribution < -0.4 is 5.32 Å². The third kappa shape index (κ3) is 6.35. The van der Waals surface area contributed by atoms with Gasteiger partial charge in [-0.25, -0.2) is 0 Å². The summed E-state index contributed by atoms with van der Waals surface area (Å²) >= 11 is 1.02. The number of fused-ring (bicyclic) bond motifs is 2. The van der Waals surface area contributed by atoms with E-state index in [1.165, 1.54) is 12.1 Å². The zero-order valence-corrected chi connectivity index (χ0v) is 28.9. The van der Waals surface area contributed by atoms with E-state index in [0.29, 0.717) is 36.9 Å². The molecule has 50 heavy (non-hydrogen) atoms. The molecule has 0 radical (unpaired) electrons. The number of alkyl halides is 2. The van der Waals surface area contributed by atoms with Gasteiger partial charge < -0.3 is 29.8 Å². The summed E-state index contributed by atoms with van der Waals surface area (Å²) in [6.45, 7) is 2.58. The Morgan fingerprint density at radius 2 is 1.74 bits per heavy atom. The summed E-state index contributed by atoms with van der Waals surface area (Å²) in [6, 6.07) is 15.0.